The summed E-state index contributed by atoms with van der Waals surface area (Å²) in [5.41, 5.74) is 0. The van der Waals surface area contributed by atoms with Crippen LogP contribution in [0, 0.1) is 0 Å². The molecule has 14 heavy (non-hydrogen) atoms. The van der Waals surface area contributed by atoms with Gasteiger partial charge in [0.05, 0.1) is 0 Å². The summed E-state index contributed by atoms with van der Waals surface area (Å²) in [4.78, 5) is 10.2. The molecule has 0 spiro atoms. The molecule has 0 aromatic carbocycles. The molecule has 2 rings (SSSR count). The van der Waals surface area contributed by atoms with Gasteiger partial charge in [-0.25, -0.2) is 9.97 Å². The summed E-state index contributed by atoms with van der Waals surface area (Å²) in [6.07, 6.45) is 3.68. The predicted molar refractivity (Wildman–Crippen MR) is 58.1 cm³/mol. The number of piperidine rings is 1. The Morgan fingerprint density at radius 3 is 2.71 bits per heavy atom. The Morgan fingerprint density at radius 2 is 2.07 bits per heavy atom. The fraction of sp³-hybridized carbons (Fsp3) is 0.556. The first-order chi connectivity index (χ1) is 6.75. The molecule has 0 saturated carbocycles. The molecule has 5 heteroatoms. The summed E-state index contributed by atoms with van der Waals surface area (Å²) in [6, 6.07) is 1.88. The maximum absolute atomic E-state index is 6.02. The van der Waals surface area contributed by atoms with Crippen LogP contribution in [0.2, 0.25) is 5.28 Å². The third kappa shape index (κ3) is 2.28. The van der Waals surface area contributed by atoms with Crippen LogP contribution in [0.25, 0.3) is 0 Å². The summed E-state index contributed by atoms with van der Waals surface area (Å²) in [5, 5.41) is 0.610. The van der Waals surface area contributed by atoms with Gasteiger partial charge in [-0.2, -0.15) is 0 Å². The van der Waals surface area contributed by atoms with E-state index in [4.69, 9.17) is 23.2 Å². The van der Waals surface area contributed by atoms with Crippen molar-refractivity contribution in [2.45, 2.75) is 18.2 Å². The molecule has 0 aliphatic carbocycles. The van der Waals surface area contributed by atoms with E-state index in [1.807, 2.05) is 6.07 Å². The minimum Gasteiger partial charge on any atom is -0.356 e. The van der Waals surface area contributed by atoms with E-state index in [9.17, 15) is 0 Å². The Labute approximate surface area is 93.1 Å². The lowest BCUT2D eigenvalue weighted by molar-refractivity contribution is 0.580. The van der Waals surface area contributed by atoms with Crippen LogP contribution in [0.15, 0.2) is 12.3 Å². The number of rotatable bonds is 1. The van der Waals surface area contributed by atoms with Crippen molar-refractivity contribution in [3.05, 3.63) is 17.5 Å². The van der Waals surface area contributed by atoms with E-state index in [2.05, 4.69) is 14.9 Å². The number of alkyl halides is 1. The molecule has 0 amide bonds. The predicted octanol–water partition coefficient (Wildman–Crippen LogP) is 2.34. The minimum absolute atomic E-state index is 0.301. The smallest absolute Gasteiger partial charge is 0.224 e. The van der Waals surface area contributed by atoms with Gasteiger partial charge in [0, 0.05) is 24.7 Å². The first-order valence-corrected chi connectivity index (χ1v) is 5.45. The third-order valence-corrected chi connectivity index (χ3v) is 2.98. The molecule has 0 bridgehead atoms. The van der Waals surface area contributed by atoms with Gasteiger partial charge in [0.15, 0.2) is 0 Å². The molecule has 3 nitrogen and oxygen atoms in total. The van der Waals surface area contributed by atoms with Crippen molar-refractivity contribution < 1.29 is 0 Å². The van der Waals surface area contributed by atoms with Crippen molar-refractivity contribution >= 4 is 29.0 Å². The van der Waals surface area contributed by atoms with Crippen LogP contribution in [0.3, 0.4) is 0 Å². The highest BCUT2D eigenvalue weighted by molar-refractivity contribution is 6.28. The number of nitrogens with zero attached hydrogens (tertiary/aromatic N) is 3. The Kier molecular flexibility index (Phi) is 3.08. The maximum Gasteiger partial charge on any atom is 0.224 e. The van der Waals surface area contributed by atoms with Gasteiger partial charge in [-0.1, -0.05) is 0 Å². The Hall–Kier alpha value is -0.540. The van der Waals surface area contributed by atoms with E-state index >= 15 is 0 Å². The van der Waals surface area contributed by atoms with Gasteiger partial charge in [-0.05, 0) is 30.5 Å². The number of halogens is 2. The number of anilines is 1. The Bertz CT molecular complexity index is 311. The normalized spacial score (nSPS) is 18.6. The van der Waals surface area contributed by atoms with Crippen LogP contribution in [0.1, 0.15) is 12.8 Å². The highest BCUT2D eigenvalue weighted by Gasteiger charge is 2.18. The molecule has 1 aliphatic heterocycles. The molecular weight excluding hydrogens is 221 g/mol. The van der Waals surface area contributed by atoms with Crippen molar-refractivity contribution in [2.24, 2.45) is 0 Å². The lowest BCUT2D eigenvalue weighted by Crippen LogP contribution is -2.34. The third-order valence-electron chi connectivity index (χ3n) is 2.36. The summed E-state index contributed by atoms with van der Waals surface area (Å²) in [7, 11) is 0. The number of hydrogen-bond donors (Lipinski definition) is 0. The molecular formula is C9H11Cl2N3. The number of aromatic nitrogens is 2. The van der Waals surface area contributed by atoms with E-state index < -0.39 is 0 Å². The number of hydrogen-bond acceptors (Lipinski definition) is 3. The van der Waals surface area contributed by atoms with Gasteiger partial charge >= 0.3 is 0 Å². The summed E-state index contributed by atoms with van der Waals surface area (Å²) < 4.78 is 0. The van der Waals surface area contributed by atoms with Crippen LogP contribution >= 0.6 is 23.2 Å². The van der Waals surface area contributed by atoms with E-state index in [-0.39, 0.29) is 0 Å². The molecule has 0 atom stereocenters. The molecule has 1 aliphatic rings. The fourth-order valence-electron chi connectivity index (χ4n) is 1.58. The summed E-state index contributed by atoms with van der Waals surface area (Å²) in [6.45, 7) is 1.89. The van der Waals surface area contributed by atoms with Crippen LogP contribution in [-0.2, 0) is 0 Å². The van der Waals surface area contributed by atoms with Gasteiger partial charge in [-0.3, -0.25) is 0 Å². The van der Waals surface area contributed by atoms with Gasteiger partial charge < -0.3 is 4.90 Å². The standard InChI is InChI=1S/C9H11Cl2N3/c10-7-2-5-14(6-3-7)8-1-4-12-9(11)13-8/h1,4,7H,2-3,5-6H2. The van der Waals surface area contributed by atoms with Gasteiger partial charge in [0.25, 0.3) is 0 Å². The Morgan fingerprint density at radius 1 is 1.36 bits per heavy atom. The van der Waals surface area contributed by atoms with Crippen molar-refractivity contribution in [3.8, 4) is 0 Å². The van der Waals surface area contributed by atoms with Crippen molar-refractivity contribution in [1.82, 2.24) is 9.97 Å². The molecule has 2 heterocycles. The van der Waals surface area contributed by atoms with E-state index in [1.165, 1.54) is 0 Å². The zero-order chi connectivity index (χ0) is 9.97. The van der Waals surface area contributed by atoms with Crippen molar-refractivity contribution in [1.29, 1.82) is 0 Å². The van der Waals surface area contributed by atoms with Crippen molar-refractivity contribution in [3.63, 3.8) is 0 Å². The molecule has 76 valence electrons. The Balaban J connectivity index is 2.08. The summed E-state index contributed by atoms with van der Waals surface area (Å²) in [5.74, 6) is 0.897. The maximum atomic E-state index is 6.02. The van der Waals surface area contributed by atoms with E-state index in [1.54, 1.807) is 6.20 Å². The molecule has 1 aromatic heterocycles. The largest absolute Gasteiger partial charge is 0.356 e. The second-order valence-corrected chi connectivity index (χ2v) is 4.30. The van der Waals surface area contributed by atoms with E-state index in [0.29, 0.717) is 10.7 Å². The molecule has 0 unspecified atom stereocenters. The lowest BCUT2D eigenvalue weighted by atomic mass is 10.1. The van der Waals surface area contributed by atoms with Crippen LogP contribution in [0.5, 0.6) is 0 Å². The van der Waals surface area contributed by atoms with Crippen LogP contribution in [-0.4, -0.2) is 28.4 Å². The molecule has 0 radical (unpaired) electrons. The quantitative estimate of drug-likeness (QED) is 0.549. The topological polar surface area (TPSA) is 29.0 Å². The molecule has 1 fully saturated rings. The molecule has 1 aromatic rings. The van der Waals surface area contributed by atoms with Crippen molar-refractivity contribution in [2.75, 3.05) is 18.0 Å². The highest BCUT2D eigenvalue weighted by Crippen LogP contribution is 2.20. The average Bonchev–Trinajstić information content (AvgIpc) is 2.19. The summed E-state index contributed by atoms with van der Waals surface area (Å²) >= 11 is 11.7. The fourth-order valence-corrected chi connectivity index (χ4v) is 1.92. The van der Waals surface area contributed by atoms with Crippen LogP contribution < -0.4 is 4.90 Å². The van der Waals surface area contributed by atoms with Gasteiger partial charge in [0.2, 0.25) is 5.28 Å². The second kappa shape index (κ2) is 4.32. The van der Waals surface area contributed by atoms with Gasteiger partial charge in [-0.15, -0.1) is 11.6 Å². The second-order valence-electron chi connectivity index (χ2n) is 3.35. The lowest BCUT2D eigenvalue weighted by Gasteiger charge is -2.30. The molecule has 0 N–H and O–H groups in total. The SMILES string of the molecule is Clc1nccc(N2CCC(Cl)CC2)n1. The average molecular weight is 232 g/mol. The monoisotopic (exact) mass is 231 g/mol. The van der Waals surface area contributed by atoms with Crippen LogP contribution in [0.4, 0.5) is 5.82 Å². The molecule has 1 saturated heterocycles. The zero-order valence-corrected chi connectivity index (χ0v) is 9.17. The first kappa shape index (κ1) is 9.99. The first-order valence-electron chi connectivity index (χ1n) is 4.63. The zero-order valence-electron chi connectivity index (χ0n) is 7.66. The highest BCUT2D eigenvalue weighted by atomic mass is 35.5. The minimum atomic E-state index is 0.301. The van der Waals surface area contributed by atoms with E-state index in [0.717, 1.165) is 31.7 Å². The van der Waals surface area contributed by atoms with Gasteiger partial charge in [0.1, 0.15) is 5.82 Å².